The molecule has 4 rings (SSSR count). The number of hydrogen-bond donors (Lipinski definition) is 0. The number of ketones is 1. The van der Waals surface area contributed by atoms with Gasteiger partial charge < -0.3 is 0 Å². The van der Waals surface area contributed by atoms with Crippen molar-refractivity contribution >= 4 is 26.8 Å². The highest BCUT2D eigenvalue weighted by molar-refractivity contribution is 7.97. The number of aryl methyl sites for hydroxylation is 1. The predicted octanol–water partition coefficient (Wildman–Crippen LogP) is 3.78. The fourth-order valence-corrected chi connectivity index (χ4v) is 5.99. The van der Waals surface area contributed by atoms with Crippen molar-refractivity contribution in [2.75, 3.05) is 0 Å². The lowest BCUT2D eigenvalue weighted by atomic mass is 9.91. The molecule has 124 valence electrons. The van der Waals surface area contributed by atoms with Crippen molar-refractivity contribution < 1.29 is 9.72 Å². The Morgan fingerprint density at radius 1 is 1.08 bits per heavy atom. The molecule has 1 aliphatic carbocycles. The van der Waals surface area contributed by atoms with Crippen LogP contribution in [0.4, 0.5) is 5.69 Å². The molecule has 2 aliphatic rings. The summed E-state index contributed by atoms with van der Waals surface area (Å²) in [4.78, 5) is 26.7. The lowest BCUT2D eigenvalue weighted by Crippen LogP contribution is -2.31. The van der Waals surface area contributed by atoms with Crippen molar-refractivity contribution in [1.29, 1.82) is 0 Å². The fraction of sp³-hybridized carbons (Fsp3) is 0.100. The average molecular weight is 350 g/mol. The first-order chi connectivity index (χ1) is 12.1. The van der Waals surface area contributed by atoms with Crippen molar-refractivity contribution in [3.8, 4) is 0 Å². The van der Waals surface area contributed by atoms with E-state index in [1.165, 1.54) is 6.07 Å². The van der Waals surface area contributed by atoms with E-state index in [0.717, 1.165) is 20.2 Å². The number of rotatable bonds is 2. The van der Waals surface area contributed by atoms with Gasteiger partial charge in [-0.15, -0.1) is 0 Å². The molecule has 0 bridgehead atoms. The van der Waals surface area contributed by atoms with E-state index in [0.29, 0.717) is 5.56 Å². The van der Waals surface area contributed by atoms with Gasteiger partial charge in [0.05, 0.1) is 16.6 Å². The summed E-state index contributed by atoms with van der Waals surface area (Å²) >= 11 is 0. The van der Waals surface area contributed by atoms with Crippen LogP contribution in [-0.4, -0.2) is 15.6 Å². The Bertz CT molecular complexity index is 1000. The van der Waals surface area contributed by atoms with Crippen LogP contribution in [0, 0.1) is 23.0 Å². The Labute approximate surface area is 147 Å². The van der Waals surface area contributed by atoms with Crippen molar-refractivity contribution in [1.82, 2.24) is 0 Å². The molecule has 0 N–H and O–H groups in total. The molecule has 0 saturated carbocycles. The second-order valence-electron chi connectivity index (χ2n) is 6.14. The molecule has 25 heavy (non-hydrogen) atoms. The molecule has 2 unspecified atom stereocenters. The average Bonchev–Trinajstić information content (AvgIpc) is 2.63. The van der Waals surface area contributed by atoms with Gasteiger partial charge in [-0.25, -0.2) is 0 Å². The van der Waals surface area contributed by atoms with Crippen LogP contribution in [0.1, 0.15) is 15.9 Å². The van der Waals surface area contributed by atoms with Crippen LogP contribution in [0.2, 0.25) is 0 Å². The Hall–Kier alpha value is -2.79. The van der Waals surface area contributed by atoms with Gasteiger partial charge in [0.1, 0.15) is 20.6 Å². The number of nitrogens with zero attached hydrogens (tertiary/aromatic N) is 1. The molecule has 2 atom stereocenters. The molecule has 0 spiro atoms. The van der Waals surface area contributed by atoms with Gasteiger partial charge in [0.2, 0.25) is 0 Å². The third kappa shape index (κ3) is 2.57. The van der Waals surface area contributed by atoms with Crippen molar-refractivity contribution in [3.63, 3.8) is 0 Å². The predicted molar refractivity (Wildman–Crippen MR) is 101 cm³/mol. The van der Waals surface area contributed by atoms with Crippen molar-refractivity contribution in [2.24, 2.45) is 5.92 Å². The number of carbonyl (C=O) groups excluding carboxylic acids is 1. The summed E-state index contributed by atoms with van der Waals surface area (Å²) in [5.41, 5.74) is 1.79. The maximum atomic E-state index is 12.9. The second kappa shape index (κ2) is 5.93. The number of allylic oxidation sites excluding steroid dienone is 4. The minimum Gasteiger partial charge on any atom is -0.293 e. The maximum absolute atomic E-state index is 12.9. The van der Waals surface area contributed by atoms with E-state index in [-0.39, 0.29) is 17.4 Å². The normalized spacial score (nSPS) is 21.0. The third-order valence-electron chi connectivity index (χ3n) is 4.53. The smallest absolute Gasteiger partial charge is 0.274 e. The summed E-state index contributed by atoms with van der Waals surface area (Å²) in [6, 6.07) is 12.8. The third-order valence-corrected chi connectivity index (χ3v) is 7.14. The van der Waals surface area contributed by atoms with Crippen LogP contribution in [0.3, 0.4) is 0 Å². The summed E-state index contributed by atoms with van der Waals surface area (Å²) < 4.78 is 0. The van der Waals surface area contributed by atoms with Gasteiger partial charge in [0.15, 0.2) is 5.78 Å². The van der Waals surface area contributed by atoms with Crippen LogP contribution >= 0.6 is 0 Å². The largest absolute Gasteiger partial charge is 0.293 e. The van der Waals surface area contributed by atoms with Crippen LogP contribution < -0.4 is 0 Å². The quantitative estimate of drug-likeness (QED) is 0.272. The van der Waals surface area contributed by atoms with Gasteiger partial charge in [-0.05, 0) is 31.2 Å². The maximum Gasteiger partial charge on any atom is 0.274 e. The Kier molecular flexibility index (Phi) is 3.73. The highest BCUT2D eigenvalue weighted by Crippen LogP contribution is 2.35. The fourth-order valence-electron chi connectivity index (χ4n) is 3.28. The van der Waals surface area contributed by atoms with Crippen molar-refractivity contribution in [2.45, 2.75) is 16.7 Å². The van der Waals surface area contributed by atoms with E-state index in [9.17, 15) is 14.9 Å². The van der Waals surface area contributed by atoms with Gasteiger partial charge >= 0.3 is 0 Å². The van der Waals surface area contributed by atoms with Crippen LogP contribution in [0.25, 0.3) is 0 Å². The van der Waals surface area contributed by atoms with E-state index in [2.05, 4.69) is 12.1 Å². The lowest BCUT2D eigenvalue weighted by molar-refractivity contribution is -0.385. The zero-order valence-corrected chi connectivity index (χ0v) is 14.4. The zero-order chi connectivity index (χ0) is 17.6. The number of fused-ring (bicyclic) bond motifs is 2. The monoisotopic (exact) mass is 350 g/mol. The number of carbonyl (C=O) groups is 1. The molecule has 1 heterocycles. The number of non-ortho nitro benzene ring substituents is 1. The second-order valence-corrected chi connectivity index (χ2v) is 8.33. The molecular weight excluding hydrogens is 334 g/mol. The lowest BCUT2D eigenvalue weighted by Gasteiger charge is -2.23. The Morgan fingerprint density at radius 3 is 2.56 bits per heavy atom. The molecule has 2 aromatic rings. The van der Waals surface area contributed by atoms with Crippen LogP contribution in [-0.2, 0) is 10.5 Å². The van der Waals surface area contributed by atoms with Gasteiger partial charge in [-0.3, -0.25) is 14.9 Å². The topological polar surface area (TPSA) is 60.2 Å². The number of thiol groups is 1. The van der Waals surface area contributed by atoms with Gasteiger partial charge in [0.25, 0.3) is 5.69 Å². The first-order valence-corrected chi connectivity index (χ1v) is 9.31. The molecule has 5 heteroatoms. The van der Waals surface area contributed by atoms with Gasteiger partial charge in [-0.1, -0.05) is 46.4 Å². The molecular formula is C20H16NO3S+. The molecule has 0 amide bonds. The van der Waals surface area contributed by atoms with Gasteiger partial charge in [0, 0.05) is 6.07 Å². The van der Waals surface area contributed by atoms with Crippen LogP contribution in [0.15, 0.2) is 76.6 Å². The summed E-state index contributed by atoms with van der Waals surface area (Å²) in [7, 11) is -0.967. The zero-order valence-electron chi connectivity index (χ0n) is 13.5. The molecule has 0 saturated heterocycles. The van der Waals surface area contributed by atoms with E-state index >= 15 is 0 Å². The molecule has 0 fully saturated rings. The molecule has 0 aromatic heterocycles. The molecule has 1 aliphatic heterocycles. The highest BCUT2D eigenvalue weighted by atomic mass is 32.2. The summed E-state index contributed by atoms with van der Waals surface area (Å²) in [5, 5.41) is 11.2. The summed E-state index contributed by atoms with van der Waals surface area (Å²) in [6.45, 7) is 2.03. The number of benzene rings is 2. The van der Waals surface area contributed by atoms with E-state index in [1.54, 1.807) is 12.1 Å². The Balaban J connectivity index is 2.04. The minimum atomic E-state index is -0.967. The number of nitro groups is 1. The first kappa shape index (κ1) is 15.7. The first-order valence-electron chi connectivity index (χ1n) is 7.97. The highest BCUT2D eigenvalue weighted by Gasteiger charge is 2.38. The summed E-state index contributed by atoms with van der Waals surface area (Å²) in [6.07, 6.45) is 7.75. The van der Waals surface area contributed by atoms with E-state index in [4.69, 9.17) is 0 Å². The number of nitro benzene ring substituents is 1. The molecule has 2 aromatic carbocycles. The minimum absolute atomic E-state index is 0.0198. The standard InChI is InChI=1S/C20H15NO3S/c1-13-6-9-15(10-7-13)25-18-5-3-2-4-16(18)20(22)17-11-8-14(21(23)24)12-19(17)25/h2-12,16H,1H3/p+1. The van der Waals surface area contributed by atoms with E-state index < -0.39 is 15.4 Å². The molecule has 4 nitrogen and oxygen atoms in total. The van der Waals surface area contributed by atoms with Gasteiger partial charge in [-0.2, -0.15) is 0 Å². The molecule has 0 radical (unpaired) electrons. The SMILES string of the molecule is Cc1ccc([SH+]2=C3C=CC=CC3C(=O)c3ccc([N+](=O)[O-])cc32)cc1. The number of hydrogen-bond acceptors (Lipinski definition) is 3. The Morgan fingerprint density at radius 2 is 1.84 bits per heavy atom. The number of Topliss-reactive ketones (excluding diaryl/α,β-unsaturated/α-hetero) is 1. The van der Waals surface area contributed by atoms with Crippen molar-refractivity contribution in [3.05, 3.63) is 88.0 Å². The van der Waals surface area contributed by atoms with Crippen LogP contribution in [0.5, 0.6) is 0 Å². The van der Waals surface area contributed by atoms with E-state index in [1.807, 2.05) is 43.4 Å². The summed E-state index contributed by atoms with van der Waals surface area (Å²) in [5.74, 6) is -0.252.